The Hall–Kier alpha value is -1.94. The molecule has 3 aromatic rings. The number of hydrogen-bond acceptors (Lipinski definition) is 4. The second kappa shape index (κ2) is 7.52. The van der Waals surface area contributed by atoms with E-state index in [2.05, 4.69) is 42.9 Å². The van der Waals surface area contributed by atoms with Crippen LogP contribution in [0, 0.1) is 18.3 Å². The van der Waals surface area contributed by atoms with Gasteiger partial charge in [0, 0.05) is 21.1 Å². The molecule has 6 heteroatoms. The van der Waals surface area contributed by atoms with Gasteiger partial charge < -0.3 is 5.11 Å². The molecule has 124 valence electrons. The molecule has 0 aliphatic carbocycles. The summed E-state index contributed by atoms with van der Waals surface area (Å²) in [6.45, 7) is 1.93. The second-order valence-electron chi connectivity index (χ2n) is 5.30. The number of hydrogen-bond donors (Lipinski definition) is 1. The fourth-order valence-electron chi connectivity index (χ4n) is 2.40. The zero-order valence-corrected chi connectivity index (χ0v) is 17.1. The lowest BCUT2D eigenvalue weighted by Crippen LogP contribution is -1.84. The zero-order chi connectivity index (χ0) is 18.0. The first-order valence-corrected chi connectivity index (χ1v) is 9.72. The van der Waals surface area contributed by atoms with Gasteiger partial charge in [0.15, 0.2) is 0 Å². The van der Waals surface area contributed by atoms with Crippen molar-refractivity contribution >= 4 is 54.4 Å². The summed E-state index contributed by atoms with van der Waals surface area (Å²) < 4.78 is 1.41. The van der Waals surface area contributed by atoms with E-state index in [1.54, 1.807) is 18.3 Å². The summed E-state index contributed by atoms with van der Waals surface area (Å²) in [5.74, 6) is 0.113. The molecule has 0 saturated heterocycles. The maximum Gasteiger partial charge on any atom is 0.138 e. The van der Waals surface area contributed by atoms with E-state index >= 15 is 0 Å². The standard InChI is InChI=1S/C19H12Br2N2OS/c1-11-15(9-22)19(25-18(11)12-5-3-2-4-6-12)23-10-13-7-14(20)8-16(21)17(13)24/h2-8,10,24H,1H3/b23-10+. The molecule has 3 nitrogen and oxygen atoms in total. The third kappa shape index (κ3) is 3.69. The molecule has 1 N–H and O–H groups in total. The van der Waals surface area contributed by atoms with E-state index in [1.165, 1.54) is 11.3 Å². The predicted molar refractivity (Wildman–Crippen MR) is 110 cm³/mol. The van der Waals surface area contributed by atoms with Crippen LogP contribution in [0.25, 0.3) is 10.4 Å². The number of benzene rings is 2. The molecule has 1 aromatic heterocycles. The number of phenols is 1. The van der Waals surface area contributed by atoms with Crippen LogP contribution in [0.3, 0.4) is 0 Å². The first-order valence-electron chi connectivity index (χ1n) is 7.32. The van der Waals surface area contributed by atoms with Gasteiger partial charge in [0.05, 0.1) is 10.0 Å². The van der Waals surface area contributed by atoms with E-state index in [-0.39, 0.29) is 5.75 Å². The molecule has 0 aliphatic rings. The van der Waals surface area contributed by atoms with E-state index < -0.39 is 0 Å². The molecule has 1 heterocycles. The third-order valence-corrected chi connectivity index (χ3v) is 5.97. The second-order valence-corrected chi connectivity index (χ2v) is 8.07. The Balaban J connectivity index is 2.06. The summed E-state index contributed by atoms with van der Waals surface area (Å²) in [6.07, 6.45) is 1.58. The van der Waals surface area contributed by atoms with Crippen LogP contribution in [0.5, 0.6) is 5.75 Å². The summed E-state index contributed by atoms with van der Waals surface area (Å²) in [5.41, 5.74) is 3.12. The molecule has 3 rings (SSSR count). The highest BCUT2D eigenvalue weighted by atomic mass is 79.9. The highest BCUT2D eigenvalue weighted by Crippen LogP contribution is 2.41. The van der Waals surface area contributed by atoms with Crippen molar-refractivity contribution in [3.8, 4) is 22.3 Å². The number of thiophene rings is 1. The Kier molecular flexibility index (Phi) is 5.38. The molecule has 2 aromatic carbocycles. The lowest BCUT2D eigenvalue weighted by molar-refractivity contribution is 0.471. The lowest BCUT2D eigenvalue weighted by atomic mass is 10.1. The summed E-state index contributed by atoms with van der Waals surface area (Å²) in [7, 11) is 0. The normalized spacial score (nSPS) is 11.0. The minimum atomic E-state index is 0.113. The molecular weight excluding hydrogens is 464 g/mol. The quantitative estimate of drug-likeness (QED) is 0.435. The van der Waals surface area contributed by atoms with Crippen LogP contribution >= 0.6 is 43.2 Å². The van der Waals surface area contributed by atoms with Crippen molar-refractivity contribution in [1.82, 2.24) is 0 Å². The summed E-state index contributed by atoms with van der Waals surface area (Å²) in [5, 5.41) is 20.3. The topological polar surface area (TPSA) is 56.4 Å². The lowest BCUT2D eigenvalue weighted by Gasteiger charge is -2.02. The van der Waals surface area contributed by atoms with Crippen molar-refractivity contribution in [1.29, 1.82) is 5.26 Å². The minimum absolute atomic E-state index is 0.113. The third-order valence-electron chi connectivity index (χ3n) is 3.65. The zero-order valence-electron chi connectivity index (χ0n) is 13.1. The number of nitrogens with zero attached hydrogens (tertiary/aromatic N) is 2. The van der Waals surface area contributed by atoms with Gasteiger partial charge >= 0.3 is 0 Å². The SMILES string of the molecule is Cc1c(-c2ccccc2)sc(/N=C/c2cc(Br)cc(Br)c2O)c1C#N. The molecule has 0 saturated carbocycles. The van der Waals surface area contributed by atoms with Gasteiger partial charge in [0.25, 0.3) is 0 Å². The van der Waals surface area contributed by atoms with Gasteiger partial charge in [-0.1, -0.05) is 46.3 Å². The number of aliphatic imine (C=N–C) groups is 1. The van der Waals surface area contributed by atoms with Crippen molar-refractivity contribution in [3.63, 3.8) is 0 Å². The molecule has 0 amide bonds. The van der Waals surface area contributed by atoms with Crippen LogP contribution in [0.1, 0.15) is 16.7 Å². The Morgan fingerprint density at radius 3 is 2.60 bits per heavy atom. The van der Waals surface area contributed by atoms with Crippen LogP contribution in [-0.4, -0.2) is 11.3 Å². The molecule has 0 radical (unpaired) electrons. The van der Waals surface area contributed by atoms with Gasteiger partial charge in [-0.3, -0.25) is 0 Å². The minimum Gasteiger partial charge on any atom is -0.506 e. The fourth-order valence-corrected chi connectivity index (χ4v) is 4.77. The Morgan fingerprint density at radius 2 is 1.92 bits per heavy atom. The van der Waals surface area contributed by atoms with Gasteiger partial charge in [0.2, 0.25) is 0 Å². The molecule has 0 aliphatic heterocycles. The predicted octanol–water partition coefficient (Wildman–Crippen LogP) is 6.58. The smallest absolute Gasteiger partial charge is 0.138 e. The number of phenolic OH excluding ortho intramolecular Hbond substituents is 1. The van der Waals surface area contributed by atoms with Crippen molar-refractivity contribution in [3.05, 3.63) is 68.1 Å². The van der Waals surface area contributed by atoms with Gasteiger partial charge in [0.1, 0.15) is 16.8 Å². The first-order chi connectivity index (χ1) is 12.0. The fraction of sp³-hybridized carbons (Fsp3) is 0.0526. The summed E-state index contributed by atoms with van der Waals surface area (Å²) in [4.78, 5) is 5.50. The van der Waals surface area contributed by atoms with Crippen LogP contribution < -0.4 is 0 Å². The molecule has 0 bridgehead atoms. The van der Waals surface area contributed by atoms with E-state index in [9.17, 15) is 10.4 Å². The Bertz CT molecular complexity index is 1000. The molecule has 25 heavy (non-hydrogen) atoms. The van der Waals surface area contributed by atoms with E-state index in [0.29, 0.717) is 20.6 Å². The monoisotopic (exact) mass is 474 g/mol. The van der Waals surface area contributed by atoms with Crippen molar-refractivity contribution in [2.24, 2.45) is 4.99 Å². The van der Waals surface area contributed by atoms with Crippen LogP contribution in [-0.2, 0) is 0 Å². The molecular formula is C19H12Br2N2OS. The largest absolute Gasteiger partial charge is 0.506 e. The molecule has 0 fully saturated rings. The van der Waals surface area contributed by atoms with Crippen molar-refractivity contribution in [2.75, 3.05) is 0 Å². The van der Waals surface area contributed by atoms with Crippen molar-refractivity contribution in [2.45, 2.75) is 6.92 Å². The maximum absolute atomic E-state index is 10.1. The van der Waals surface area contributed by atoms with Gasteiger partial charge in [-0.05, 0) is 46.1 Å². The first kappa shape index (κ1) is 17.9. The Labute approximate surface area is 166 Å². The number of rotatable bonds is 3. The van der Waals surface area contributed by atoms with Crippen LogP contribution in [0.2, 0.25) is 0 Å². The molecule has 0 unspecified atom stereocenters. The van der Waals surface area contributed by atoms with E-state index in [4.69, 9.17) is 0 Å². The Morgan fingerprint density at radius 1 is 1.20 bits per heavy atom. The van der Waals surface area contributed by atoms with Gasteiger partial charge in [-0.15, -0.1) is 11.3 Å². The van der Waals surface area contributed by atoms with Crippen LogP contribution in [0.15, 0.2) is 56.4 Å². The van der Waals surface area contributed by atoms with Gasteiger partial charge in [-0.25, -0.2) is 4.99 Å². The molecule has 0 atom stereocenters. The van der Waals surface area contributed by atoms with E-state index in [1.807, 2.05) is 37.3 Å². The number of halogens is 2. The highest BCUT2D eigenvalue weighted by molar-refractivity contribution is 9.11. The average molecular weight is 476 g/mol. The number of aromatic hydroxyl groups is 1. The highest BCUT2D eigenvalue weighted by Gasteiger charge is 2.15. The van der Waals surface area contributed by atoms with Crippen LogP contribution in [0.4, 0.5) is 5.00 Å². The summed E-state index contributed by atoms with van der Waals surface area (Å²) >= 11 is 8.17. The average Bonchev–Trinajstić information content (AvgIpc) is 2.93. The number of nitriles is 1. The maximum atomic E-state index is 10.1. The van der Waals surface area contributed by atoms with E-state index in [0.717, 1.165) is 20.5 Å². The van der Waals surface area contributed by atoms with Gasteiger partial charge in [-0.2, -0.15) is 5.26 Å². The van der Waals surface area contributed by atoms with Crippen molar-refractivity contribution < 1.29 is 5.11 Å². The molecule has 0 spiro atoms. The summed E-state index contributed by atoms with van der Waals surface area (Å²) in [6, 6.07) is 15.7.